The van der Waals surface area contributed by atoms with E-state index in [0.29, 0.717) is 37.6 Å². The van der Waals surface area contributed by atoms with Gasteiger partial charge in [0.1, 0.15) is 17.4 Å². The summed E-state index contributed by atoms with van der Waals surface area (Å²) in [6.07, 6.45) is -2.88. The van der Waals surface area contributed by atoms with E-state index in [-0.39, 0.29) is 12.1 Å². The Balaban J connectivity index is 1.56. The third-order valence-corrected chi connectivity index (χ3v) is 5.14. The molecule has 1 fully saturated rings. The molecule has 9 heteroatoms. The van der Waals surface area contributed by atoms with Crippen molar-refractivity contribution < 1.29 is 22.7 Å². The first-order valence-corrected chi connectivity index (χ1v) is 9.99. The van der Waals surface area contributed by atoms with E-state index in [9.17, 15) is 23.2 Å². The Bertz CT molecular complexity index is 1010. The normalized spacial score (nSPS) is 14.7. The minimum atomic E-state index is -4.39. The molecule has 32 heavy (non-hydrogen) atoms. The van der Waals surface area contributed by atoms with Crippen molar-refractivity contribution >= 4 is 11.6 Å². The zero-order chi connectivity index (χ0) is 23.1. The molecule has 0 bridgehead atoms. The lowest BCUT2D eigenvalue weighted by Gasteiger charge is -2.35. The molecule has 0 radical (unpaired) electrons. The highest BCUT2D eigenvalue weighted by molar-refractivity contribution is 5.97. The largest absolute Gasteiger partial charge is 0.497 e. The molecule has 0 saturated carbocycles. The van der Waals surface area contributed by atoms with E-state index in [1.54, 1.807) is 25.3 Å². The molecule has 1 aliphatic heterocycles. The number of benzene rings is 2. The van der Waals surface area contributed by atoms with E-state index >= 15 is 0 Å². The molecule has 1 saturated heterocycles. The van der Waals surface area contributed by atoms with Crippen LogP contribution in [0.1, 0.15) is 11.1 Å². The predicted molar refractivity (Wildman–Crippen MR) is 114 cm³/mol. The van der Waals surface area contributed by atoms with Gasteiger partial charge in [-0.3, -0.25) is 4.79 Å². The number of nitriles is 1. The van der Waals surface area contributed by atoms with Gasteiger partial charge in [-0.05, 0) is 35.9 Å². The third-order valence-electron chi connectivity index (χ3n) is 5.14. The molecular formula is C23H23F3N4O2. The van der Waals surface area contributed by atoms with Gasteiger partial charge < -0.3 is 19.9 Å². The van der Waals surface area contributed by atoms with Crippen molar-refractivity contribution in [3.8, 4) is 11.8 Å². The van der Waals surface area contributed by atoms with E-state index in [2.05, 4.69) is 5.32 Å². The highest BCUT2D eigenvalue weighted by Crippen LogP contribution is 2.31. The standard InChI is InChI=1S/C23H23F3N4O2/c1-32-21-7-5-17(6-8-21)15-28-22(31)18(14-27)16-29-9-11-30(12-10-29)20-4-2-3-19(13-20)23(24,25)26/h2-8,13,16H,9-12,15H2,1H3,(H,28,31)/b18-16+. The van der Waals surface area contributed by atoms with E-state index in [4.69, 9.17) is 4.74 Å². The lowest BCUT2D eigenvalue weighted by Crippen LogP contribution is -2.44. The van der Waals surface area contributed by atoms with Gasteiger partial charge in [0.25, 0.3) is 5.91 Å². The molecule has 0 atom stereocenters. The van der Waals surface area contributed by atoms with E-state index in [0.717, 1.165) is 17.7 Å². The van der Waals surface area contributed by atoms with Gasteiger partial charge in [0.15, 0.2) is 0 Å². The summed E-state index contributed by atoms with van der Waals surface area (Å²) < 4.78 is 43.9. The number of carbonyl (C=O) groups is 1. The number of amides is 1. The van der Waals surface area contributed by atoms with Crippen molar-refractivity contribution in [3.63, 3.8) is 0 Å². The smallest absolute Gasteiger partial charge is 0.416 e. The van der Waals surface area contributed by atoms with Crippen LogP contribution >= 0.6 is 0 Å². The summed E-state index contributed by atoms with van der Waals surface area (Å²) in [7, 11) is 1.57. The van der Waals surface area contributed by atoms with Gasteiger partial charge in [0.2, 0.25) is 0 Å². The SMILES string of the molecule is COc1ccc(CNC(=O)/C(C#N)=C/N2CCN(c3cccc(C(F)(F)F)c3)CC2)cc1. The number of hydrogen-bond donors (Lipinski definition) is 1. The van der Waals surface area contributed by atoms with Crippen LogP contribution in [0.5, 0.6) is 5.75 Å². The van der Waals surface area contributed by atoms with Gasteiger partial charge in [-0.15, -0.1) is 0 Å². The summed E-state index contributed by atoms with van der Waals surface area (Å²) in [5.74, 6) is 0.227. The molecule has 3 rings (SSSR count). The van der Waals surface area contributed by atoms with Crippen molar-refractivity contribution in [1.29, 1.82) is 5.26 Å². The van der Waals surface area contributed by atoms with Crippen LogP contribution in [0.15, 0.2) is 60.3 Å². The predicted octanol–water partition coefficient (Wildman–Crippen LogP) is 3.56. The van der Waals surface area contributed by atoms with Crippen LogP contribution in [0, 0.1) is 11.3 Å². The maximum atomic E-state index is 13.0. The van der Waals surface area contributed by atoms with Crippen LogP contribution in [0.3, 0.4) is 0 Å². The Morgan fingerprint density at radius 2 is 1.84 bits per heavy atom. The van der Waals surface area contributed by atoms with Crippen molar-refractivity contribution in [2.45, 2.75) is 12.7 Å². The van der Waals surface area contributed by atoms with Crippen molar-refractivity contribution in [2.75, 3.05) is 38.2 Å². The third kappa shape index (κ3) is 5.94. The summed E-state index contributed by atoms with van der Waals surface area (Å²) in [5, 5.41) is 12.1. The summed E-state index contributed by atoms with van der Waals surface area (Å²) in [5.41, 5.74) is 0.663. The number of hydrogen-bond acceptors (Lipinski definition) is 5. The molecule has 1 N–H and O–H groups in total. The summed E-state index contributed by atoms with van der Waals surface area (Å²) in [4.78, 5) is 16.1. The molecule has 2 aromatic carbocycles. The molecule has 6 nitrogen and oxygen atoms in total. The number of alkyl halides is 3. The fourth-order valence-corrected chi connectivity index (χ4v) is 3.33. The summed E-state index contributed by atoms with van der Waals surface area (Å²) in [6.45, 7) is 2.18. The molecule has 0 aromatic heterocycles. The molecule has 1 amide bonds. The highest BCUT2D eigenvalue weighted by Gasteiger charge is 2.31. The van der Waals surface area contributed by atoms with E-state index < -0.39 is 17.6 Å². The summed E-state index contributed by atoms with van der Waals surface area (Å²) in [6, 6.07) is 14.4. The van der Waals surface area contributed by atoms with Gasteiger partial charge in [-0.1, -0.05) is 18.2 Å². The lowest BCUT2D eigenvalue weighted by molar-refractivity contribution is -0.137. The van der Waals surface area contributed by atoms with Gasteiger partial charge in [-0.2, -0.15) is 18.4 Å². The second kappa shape index (κ2) is 10.1. The van der Waals surface area contributed by atoms with Crippen LogP contribution in [0.25, 0.3) is 0 Å². The average Bonchev–Trinajstić information content (AvgIpc) is 2.81. The Morgan fingerprint density at radius 3 is 2.44 bits per heavy atom. The van der Waals surface area contributed by atoms with Crippen LogP contribution in [0.2, 0.25) is 0 Å². The first-order valence-electron chi connectivity index (χ1n) is 9.99. The maximum Gasteiger partial charge on any atom is 0.416 e. The van der Waals surface area contributed by atoms with Crippen LogP contribution in [-0.2, 0) is 17.5 Å². The lowest BCUT2D eigenvalue weighted by atomic mass is 10.1. The Labute approximate surface area is 184 Å². The fourth-order valence-electron chi connectivity index (χ4n) is 3.33. The van der Waals surface area contributed by atoms with Gasteiger partial charge in [0, 0.05) is 44.6 Å². The molecular weight excluding hydrogens is 421 g/mol. The zero-order valence-corrected chi connectivity index (χ0v) is 17.5. The molecule has 0 spiro atoms. The number of methoxy groups -OCH3 is 1. The molecule has 1 aliphatic rings. The molecule has 2 aromatic rings. The second-order valence-electron chi connectivity index (χ2n) is 7.26. The zero-order valence-electron chi connectivity index (χ0n) is 17.5. The van der Waals surface area contributed by atoms with Gasteiger partial charge in [0.05, 0.1) is 12.7 Å². The topological polar surface area (TPSA) is 68.6 Å². The quantitative estimate of drug-likeness (QED) is 0.545. The summed E-state index contributed by atoms with van der Waals surface area (Å²) >= 11 is 0. The Kier molecular flexibility index (Phi) is 7.25. The Hall–Kier alpha value is -3.67. The molecule has 1 heterocycles. The number of ether oxygens (including phenoxy) is 1. The monoisotopic (exact) mass is 444 g/mol. The average molecular weight is 444 g/mol. The van der Waals surface area contributed by atoms with Crippen molar-refractivity contribution in [1.82, 2.24) is 10.2 Å². The number of rotatable bonds is 6. The fraction of sp³-hybridized carbons (Fsp3) is 0.304. The van der Waals surface area contributed by atoms with Crippen LogP contribution < -0.4 is 15.0 Å². The minimum Gasteiger partial charge on any atom is -0.497 e. The molecule has 0 unspecified atom stereocenters. The maximum absolute atomic E-state index is 13.0. The highest BCUT2D eigenvalue weighted by atomic mass is 19.4. The Morgan fingerprint density at radius 1 is 1.16 bits per heavy atom. The van der Waals surface area contributed by atoms with Crippen molar-refractivity contribution in [3.05, 3.63) is 71.4 Å². The molecule has 0 aliphatic carbocycles. The first-order chi connectivity index (χ1) is 15.3. The molecule has 168 valence electrons. The number of anilines is 1. The number of halogens is 3. The van der Waals surface area contributed by atoms with Crippen LogP contribution in [-0.4, -0.2) is 44.1 Å². The van der Waals surface area contributed by atoms with Gasteiger partial charge >= 0.3 is 6.18 Å². The van der Waals surface area contributed by atoms with Crippen LogP contribution in [0.4, 0.5) is 18.9 Å². The van der Waals surface area contributed by atoms with E-state index in [1.165, 1.54) is 12.3 Å². The van der Waals surface area contributed by atoms with Crippen molar-refractivity contribution in [2.24, 2.45) is 0 Å². The number of nitrogens with zero attached hydrogens (tertiary/aromatic N) is 3. The second-order valence-corrected chi connectivity index (χ2v) is 7.26. The minimum absolute atomic E-state index is 0.0222. The van der Waals surface area contributed by atoms with Gasteiger partial charge in [-0.25, -0.2) is 0 Å². The number of carbonyl (C=O) groups excluding carboxylic acids is 1. The number of piperazine rings is 1. The number of nitrogens with one attached hydrogen (secondary N) is 1. The van der Waals surface area contributed by atoms with E-state index in [1.807, 2.05) is 28.0 Å². The first kappa shape index (κ1) is 23.0.